The van der Waals surface area contributed by atoms with E-state index < -0.39 is 0 Å². The number of hydrogen-bond acceptors (Lipinski definition) is 1. The lowest BCUT2D eigenvalue weighted by atomic mass is 9.99. The molecule has 0 bridgehead atoms. The molecule has 0 unspecified atom stereocenters. The Morgan fingerprint density at radius 3 is 0.931 bits per heavy atom. The lowest BCUT2D eigenvalue weighted by molar-refractivity contribution is -0.122. The average molecular weight is 419 g/mol. The van der Waals surface area contributed by atoms with Crippen molar-refractivity contribution in [1.82, 2.24) is 0 Å². The van der Waals surface area contributed by atoms with Crippen LogP contribution in [0.15, 0.2) is 12.2 Å². The zero-order valence-electron chi connectivity index (χ0n) is 19.6. The van der Waals surface area contributed by atoms with Crippen LogP contribution in [0.25, 0.3) is 0 Å². The zero-order valence-corrected chi connectivity index (χ0v) is 19.6. The molecule has 29 heavy (non-hydrogen) atoms. The quantitative estimate of drug-likeness (QED) is 0.358. The Bertz CT molecular complexity index is 288. The first-order valence-electron chi connectivity index (χ1n) is 10.5. The Hall–Kier alpha value is -0.590. The van der Waals surface area contributed by atoms with Crippen molar-refractivity contribution >= 4 is 5.78 Å². The summed E-state index contributed by atoms with van der Waals surface area (Å²) in [7, 11) is 0. The molecule has 0 fully saturated rings. The van der Waals surface area contributed by atoms with Gasteiger partial charge in [-0.2, -0.15) is 0 Å². The summed E-state index contributed by atoms with van der Waals surface area (Å²) in [4.78, 5) is 11.0. The van der Waals surface area contributed by atoms with Crippen LogP contribution in [0.1, 0.15) is 132 Å². The second-order valence-corrected chi connectivity index (χ2v) is 9.46. The van der Waals surface area contributed by atoms with Gasteiger partial charge in [0.15, 0.2) is 0 Å². The molecule has 0 saturated carbocycles. The highest BCUT2D eigenvalue weighted by atomic mass is 16.1. The Labute approximate surface area is 190 Å². The Balaban J connectivity index is -0.0000000469. The molecule has 0 heterocycles. The van der Waals surface area contributed by atoms with Gasteiger partial charge >= 0.3 is 0 Å². The zero-order chi connectivity index (χ0) is 20.6. The minimum absolute atomic E-state index is 0. The number of carbonyl (C=O) groups excluding carboxylic acids is 1. The van der Waals surface area contributed by atoms with Gasteiger partial charge in [-0.3, -0.25) is 4.79 Å². The Morgan fingerprint density at radius 2 is 0.828 bits per heavy atom. The van der Waals surface area contributed by atoms with E-state index in [0.29, 0.717) is 23.5 Å². The van der Waals surface area contributed by atoms with Crippen LogP contribution in [0.2, 0.25) is 0 Å². The summed E-state index contributed by atoms with van der Waals surface area (Å²) >= 11 is 0. The number of hydrogen-bond donors (Lipinski definition) is 0. The molecule has 0 amide bonds. The summed E-state index contributed by atoms with van der Waals surface area (Å²) in [6.45, 7) is 25.9. The first kappa shape index (κ1) is 46.6. The number of allylic oxidation sites excluding steroid dienone is 2. The summed E-state index contributed by atoms with van der Waals surface area (Å²) < 4.78 is 0. The van der Waals surface area contributed by atoms with Crippen molar-refractivity contribution in [2.75, 3.05) is 0 Å². The van der Waals surface area contributed by atoms with Crippen LogP contribution in [0.4, 0.5) is 0 Å². The van der Waals surface area contributed by atoms with Crippen LogP contribution in [-0.4, -0.2) is 5.78 Å². The summed E-state index contributed by atoms with van der Waals surface area (Å²) in [5.74, 6) is 4.29. The highest BCUT2D eigenvalue weighted by Crippen LogP contribution is 2.09. The average Bonchev–Trinajstić information content (AvgIpc) is 2.43. The van der Waals surface area contributed by atoms with Crippen LogP contribution >= 0.6 is 0 Å². The first-order chi connectivity index (χ1) is 11.3. The molecule has 0 N–H and O–H groups in total. The minimum atomic E-state index is 0. The van der Waals surface area contributed by atoms with E-state index in [0.717, 1.165) is 18.3 Å². The highest BCUT2D eigenvalue weighted by Gasteiger charge is 2.07. The SMILES string of the molecule is C.C.C.C.CC(C)C=CC(C)C.CC(C)CC(=O)C(C)C.CC(C)CCC(C)C. The normalized spacial score (nSPS) is 9.86. The van der Waals surface area contributed by atoms with Crippen molar-refractivity contribution in [1.29, 1.82) is 0 Å². The molecule has 1 nitrogen and oxygen atoms in total. The van der Waals surface area contributed by atoms with E-state index in [2.05, 4.69) is 81.4 Å². The fourth-order valence-electron chi connectivity index (χ4n) is 1.75. The van der Waals surface area contributed by atoms with E-state index in [9.17, 15) is 4.79 Å². The second kappa shape index (κ2) is 29.6. The maximum atomic E-state index is 11.0. The monoisotopic (exact) mass is 419 g/mol. The van der Waals surface area contributed by atoms with Crippen LogP contribution in [-0.2, 0) is 4.79 Å². The van der Waals surface area contributed by atoms with Crippen molar-refractivity contribution < 1.29 is 4.79 Å². The van der Waals surface area contributed by atoms with E-state index in [4.69, 9.17) is 0 Å². The summed E-state index contributed by atoms with van der Waals surface area (Å²) in [5.41, 5.74) is 0. The van der Waals surface area contributed by atoms with Crippen LogP contribution < -0.4 is 0 Å². The van der Waals surface area contributed by atoms with Crippen molar-refractivity contribution in [3.05, 3.63) is 12.2 Å². The third kappa shape index (κ3) is 58.4. The fraction of sp³-hybridized carbons (Fsp3) is 0.893. The molecule has 0 rings (SSSR count). The summed E-state index contributed by atoms with van der Waals surface area (Å²) in [6, 6.07) is 0. The van der Waals surface area contributed by atoms with Crippen LogP contribution in [0, 0.1) is 35.5 Å². The first-order valence-corrected chi connectivity index (χ1v) is 10.5. The molecular weight excluding hydrogens is 352 g/mol. The van der Waals surface area contributed by atoms with Crippen molar-refractivity contribution in [2.45, 2.75) is 132 Å². The van der Waals surface area contributed by atoms with Gasteiger partial charge in [0.05, 0.1) is 0 Å². The molecule has 0 spiro atoms. The molecule has 0 atom stereocenters. The van der Waals surface area contributed by atoms with E-state index in [1.165, 1.54) is 12.8 Å². The minimum Gasteiger partial charge on any atom is -0.299 e. The Kier molecular flexibility index (Phi) is 47.5. The maximum Gasteiger partial charge on any atom is 0.135 e. The summed E-state index contributed by atoms with van der Waals surface area (Å²) in [5, 5.41) is 0. The van der Waals surface area contributed by atoms with Crippen LogP contribution in [0.5, 0.6) is 0 Å². The molecule has 1 heteroatoms. The van der Waals surface area contributed by atoms with Gasteiger partial charge in [-0.25, -0.2) is 0 Å². The number of ketones is 1. The third-order valence-electron chi connectivity index (χ3n) is 3.46. The second-order valence-electron chi connectivity index (χ2n) is 9.46. The van der Waals surface area contributed by atoms with Gasteiger partial charge in [0.25, 0.3) is 0 Å². The molecule has 0 aliphatic heterocycles. The van der Waals surface area contributed by atoms with Gasteiger partial charge in [0.2, 0.25) is 0 Å². The molecule has 0 aromatic heterocycles. The predicted octanol–water partition coefficient (Wildman–Crippen LogP) is 10.7. The highest BCUT2D eigenvalue weighted by molar-refractivity contribution is 5.80. The number of rotatable bonds is 8. The maximum absolute atomic E-state index is 11.0. The number of Topliss-reactive ketones (excluding diaryl/α,β-unsaturated/α-hetero) is 1. The van der Waals surface area contributed by atoms with Crippen molar-refractivity contribution in [3.63, 3.8) is 0 Å². The fourth-order valence-corrected chi connectivity index (χ4v) is 1.75. The molecule has 0 radical (unpaired) electrons. The molecule has 0 aromatic carbocycles. The Morgan fingerprint density at radius 1 is 0.552 bits per heavy atom. The smallest absolute Gasteiger partial charge is 0.135 e. The van der Waals surface area contributed by atoms with Gasteiger partial charge in [-0.05, 0) is 29.6 Å². The lowest BCUT2D eigenvalue weighted by Gasteiger charge is -2.05. The van der Waals surface area contributed by atoms with Crippen molar-refractivity contribution in [2.24, 2.45) is 35.5 Å². The largest absolute Gasteiger partial charge is 0.299 e. The van der Waals surface area contributed by atoms with E-state index >= 15 is 0 Å². The molecular formula is C28H66O. The third-order valence-corrected chi connectivity index (χ3v) is 3.46. The van der Waals surface area contributed by atoms with Gasteiger partial charge in [-0.15, -0.1) is 0 Å². The van der Waals surface area contributed by atoms with Crippen molar-refractivity contribution in [3.8, 4) is 0 Å². The van der Waals surface area contributed by atoms with E-state index in [-0.39, 0.29) is 35.6 Å². The molecule has 0 saturated heterocycles. The van der Waals surface area contributed by atoms with Gasteiger partial charge < -0.3 is 0 Å². The molecule has 0 aromatic rings. The molecule has 184 valence electrons. The van der Waals surface area contributed by atoms with Gasteiger partial charge in [0, 0.05) is 12.3 Å². The van der Waals surface area contributed by atoms with Gasteiger partial charge in [-0.1, -0.05) is 138 Å². The van der Waals surface area contributed by atoms with Gasteiger partial charge in [0.1, 0.15) is 5.78 Å². The topological polar surface area (TPSA) is 17.1 Å². The lowest BCUT2D eigenvalue weighted by Crippen LogP contribution is -2.09. The molecule has 0 aliphatic rings. The summed E-state index contributed by atoms with van der Waals surface area (Å²) in [6.07, 6.45) is 7.99. The van der Waals surface area contributed by atoms with E-state index in [1.54, 1.807) is 0 Å². The predicted molar refractivity (Wildman–Crippen MR) is 144 cm³/mol. The van der Waals surface area contributed by atoms with E-state index in [1.807, 2.05) is 13.8 Å². The molecule has 0 aliphatic carbocycles. The standard InChI is InChI=1S/C8H16O.C8H18.C8H16.4CH4/c1-6(2)5-8(9)7(3)4;2*1-7(2)5-6-8(3)4;;;;/h6-7H,5H2,1-4H3;7-8H,5-6H2,1-4H3;5-8H,1-4H3;4*1H4. The van der Waals surface area contributed by atoms with Crippen LogP contribution in [0.3, 0.4) is 0 Å². The number of carbonyl (C=O) groups is 1.